The van der Waals surface area contributed by atoms with Gasteiger partial charge in [-0.15, -0.1) is 6.58 Å². The number of alkyl halides is 1. The maximum Gasteiger partial charge on any atom is 0.312 e. The lowest BCUT2D eigenvalue weighted by molar-refractivity contribution is -0.155. The van der Waals surface area contributed by atoms with Gasteiger partial charge >= 0.3 is 5.97 Å². The molecule has 41 heavy (non-hydrogen) atoms. The van der Waals surface area contributed by atoms with Crippen molar-refractivity contribution in [3.63, 3.8) is 0 Å². The molecule has 7 atom stereocenters. The van der Waals surface area contributed by atoms with Crippen molar-refractivity contribution in [2.75, 3.05) is 24.7 Å². The average molecular weight is 646 g/mol. The van der Waals surface area contributed by atoms with Crippen LogP contribution in [0.3, 0.4) is 0 Å². The minimum atomic E-state index is -1.30. The van der Waals surface area contributed by atoms with Crippen LogP contribution in [0.25, 0.3) is 0 Å². The number of amides is 2. The Hall–Kier alpha value is -2.72. The SMILES string of the molecule is C=CCN(C(=O)C1N([C@@H](CO)Cc2ccccc2)C(=O)[C@@H]2[C@@H](C(=O)OCC)[C@@H]3OC12CC3Br)c1c(C)cccc1Cl. The van der Waals surface area contributed by atoms with E-state index in [-0.39, 0.29) is 24.6 Å². The number of aliphatic hydroxyl groups is 1. The average Bonchev–Trinajstić information content (AvgIpc) is 3.55. The number of ether oxygens (including phenoxy) is 2. The van der Waals surface area contributed by atoms with E-state index in [9.17, 15) is 19.5 Å². The van der Waals surface area contributed by atoms with E-state index in [1.54, 1.807) is 25.1 Å². The fourth-order valence-corrected chi connectivity index (χ4v) is 8.18. The molecule has 0 saturated carbocycles. The number of fused-ring (bicyclic) bond motifs is 1. The van der Waals surface area contributed by atoms with Gasteiger partial charge < -0.3 is 24.4 Å². The Morgan fingerprint density at radius 2 is 2.02 bits per heavy atom. The largest absolute Gasteiger partial charge is 0.466 e. The molecule has 10 heteroatoms. The monoisotopic (exact) mass is 644 g/mol. The summed E-state index contributed by atoms with van der Waals surface area (Å²) in [6.07, 6.45) is 1.63. The minimum absolute atomic E-state index is 0.133. The van der Waals surface area contributed by atoms with E-state index in [1.807, 2.05) is 43.3 Å². The van der Waals surface area contributed by atoms with Crippen molar-refractivity contribution in [1.82, 2.24) is 4.90 Å². The highest BCUT2D eigenvalue weighted by Gasteiger charge is 2.77. The molecule has 3 unspecified atom stereocenters. The first-order valence-corrected chi connectivity index (χ1v) is 15.1. The second kappa shape index (κ2) is 11.9. The third kappa shape index (κ3) is 4.90. The van der Waals surface area contributed by atoms with E-state index < -0.39 is 53.4 Å². The number of benzene rings is 2. The Morgan fingerprint density at radius 3 is 2.66 bits per heavy atom. The molecule has 3 fully saturated rings. The fourth-order valence-electron chi connectivity index (χ4n) is 6.92. The van der Waals surface area contributed by atoms with E-state index >= 15 is 0 Å². The highest BCUT2D eigenvalue weighted by Crippen LogP contribution is 2.61. The second-order valence-corrected chi connectivity index (χ2v) is 12.4. The Bertz CT molecular complexity index is 1320. The summed E-state index contributed by atoms with van der Waals surface area (Å²) in [6.45, 7) is 7.33. The summed E-state index contributed by atoms with van der Waals surface area (Å²) in [7, 11) is 0. The molecular weight excluding hydrogens is 612 g/mol. The van der Waals surface area contributed by atoms with Crippen LogP contribution in [0.4, 0.5) is 5.69 Å². The number of aliphatic hydroxyl groups excluding tert-OH is 1. The summed E-state index contributed by atoms with van der Waals surface area (Å²) in [4.78, 5) is 45.3. The number of hydrogen-bond donors (Lipinski definition) is 1. The summed E-state index contributed by atoms with van der Waals surface area (Å²) < 4.78 is 12.0. The van der Waals surface area contributed by atoms with Crippen LogP contribution < -0.4 is 4.90 Å². The normalized spacial score (nSPS) is 28.9. The quantitative estimate of drug-likeness (QED) is 0.238. The number of likely N-dealkylation sites (tertiary alicyclic amines) is 1. The van der Waals surface area contributed by atoms with Gasteiger partial charge in [0.15, 0.2) is 0 Å². The molecule has 3 saturated heterocycles. The van der Waals surface area contributed by atoms with Crippen LogP contribution in [0.1, 0.15) is 24.5 Å². The van der Waals surface area contributed by atoms with E-state index in [1.165, 1.54) is 9.80 Å². The molecule has 2 aromatic rings. The van der Waals surface area contributed by atoms with Gasteiger partial charge in [-0.25, -0.2) is 0 Å². The number of carbonyl (C=O) groups excluding carboxylic acids is 3. The van der Waals surface area contributed by atoms with Gasteiger partial charge in [-0.3, -0.25) is 14.4 Å². The fraction of sp³-hybridized carbons (Fsp3) is 0.452. The summed E-state index contributed by atoms with van der Waals surface area (Å²) in [5.74, 6) is -3.15. The molecule has 3 heterocycles. The zero-order chi connectivity index (χ0) is 29.5. The summed E-state index contributed by atoms with van der Waals surface area (Å²) in [5.41, 5.74) is 0.888. The lowest BCUT2D eigenvalue weighted by atomic mass is 9.70. The number of aryl methyl sites for hydroxylation is 1. The second-order valence-electron chi connectivity index (χ2n) is 10.8. The summed E-state index contributed by atoms with van der Waals surface area (Å²) in [5, 5.41) is 11.0. The van der Waals surface area contributed by atoms with Crippen LogP contribution in [-0.2, 0) is 30.3 Å². The highest BCUT2D eigenvalue weighted by atomic mass is 79.9. The Morgan fingerprint density at radius 1 is 1.29 bits per heavy atom. The molecule has 8 nitrogen and oxygen atoms in total. The first kappa shape index (κ1) is 29.8. The van der Waals surface area contributed by atoms with Gasteiger partial charge in [0.05, 0.1) is 47.9 Å². The highest BCUT2D eigenvalue weighted by molar-refractivity contribution is 9.09. The summed E-state index contributed by atoms with van der Waals surface area (Å²) in [6, 6.07) is 13.0. The third-order valence-electron chi connectivity index (χ3n) is 8.47. The molecule has 2 aromatic carbocycles. The minimum Gasteiger partial charge on any atom is -0.466 e. The number of esters is 1. The van der Waals surface area contributed by atoms with Gasteiger partial charge in [0.25, 0.3) is 5.91 Å². The van der Waals surface area contributed by atoms with Crippen molar-refractivity contribution < 1.29 is 29.0 Å². The Kier molecular flexibility index (Phi) is 8.62. The number of nitrogens with zero attached hydrogens (tertiary/aromatic N) is 2. The topological polar surface area (TPSA) is 96.4 Å². The van der Waals surface area contributed by atoms with Crippen LogP contribution in [0.5, 0.6) is 0 Å². The van der Waals surface area contributed by atoms with Crippen LogP contribution in [0, 0.1) is 18.8 Å². The lowest BCUT2D eigenvalue weighted by Gasteiger charge is -2.40. The van der Waals surface area contributed by atoms with Crippen LogP contribution in [-0.4, -0.2) is 76.2 Å². The first-order valence-electron chi connectivity index (χ1n) is 13.8. The van der Waals surface area contributed by atoms with Crippen molar-refractivity contribution in [2.45, 2.75) is 55.3 Å². The number of halogens is 2. The van der Waals surface area contributed by atoms with Crippen molar-refractivity contribution >= 4 is 51.0 Å². The maximum atomic E-state index is 14.8. The van der Waals surface area contributed by atoms with Gasteiger partial charge in [0.2, 0.25) is 5.91 Å². The van der Waals surface area contributed by atoms with Crippen molar-refractivity contribution in [1.29, 1.82) is 0 Å². The molecule has 0 radical (unpaired) electrons. The summed E-state index contributed by atoms with van der Waals surface area (Å²) >= 11 is 10.3. The number of anilines is 1. The van der Waals surface area contributed by atoms with Gasteiger partial charge in [0, 0.05) is 11.4 Å². The molecular formula is C31H34BrClN2O6. The molecule has 2 bridgehead atoms. The Labute approximate surface area is 253 Å². The zero-order valence-corrected chi connectivity index (χ0v) is 25.4. The number of rotatable bonds is 10. The molecule has 0 aliphatic carbocycles. The van der Waals surface area contributed by atoms with Gasteiger partial charge in [0.1, 0.15) is 11.6 Å². The number of carbonyl (C=O) groups is 3. The maximum absolute atomic E-state index is 14.8. The molecule has 1 spiro atoms. The van der Waals surface area contributed by atoms with Crippen molar-refractivity contribution in [3.8, 4) is 0 Å². The molecule has 3 aliphatic heterocycles. The van der Waals surface area contributed by atoms with Gasteiger partial charge in [-0.05, 0) is 43.9 Å². The number of hydrogen-bond acceptors (Lipinski definition) is 6. The molecule has 1 N–H and O–H groups in total. The molecule has 218 valence electrons. The van der Waals surface area contributed by atoms with Gasteiger partial charge in [-0.1, -0.05) is 76.1 Å². The van der Waals surface area contributed by atoms with Crippen molar-refractivity contribution in [3.05, 3.63) is 77.3 Å². The first-order chi connectivity index (χ1) is 19.7. The van der Waals surface area contributed by atoms with Gasteiger partial charge in [-0.2, -0.15) is 0 Å². The van der Waals surface area contributed by atoms with E-state index in [0.29, 0.717) is 23.6 Å². The predicted molar refractivity (Wildman–Crippen MR) is 159 cm³/mol. The smallest absolute Gasteiger partial charge is 0.312 e. The third-order valence-corrected chi connectivity index (χ3v) is 9.62. The molecule has 5 rings (SSSR count). The molecule has 2 amide bonds. The van der Waals surface area contributed by atoms with E-state index in [4.69, 9.17) is 21.1 Å². The standard InChI is InChI=1S/C31H34BrClN2O6/c1-4-14-34(25-18(3)10-9-13-22(25)33)29(38)27-31-16-21(32)26(41-31)23(30(39)40-5-2)24(31)28(37)35(27)20(17-36)15-19-11-7-6-8-12-19/h4,6-13,20-21,23-24,26-27,36H,1,5,14-17H2,2-3H3/t20-,21?,23-,24+,26-,27?,31?/m1/s1. The molecule has 0 aromatic heterocycles. The van der Waals surface area contributed by atoms with Crippen LogP contribution in [0.2, 0.25) is 5.02 Å². The van der Waals surface area contributed by atoms with E-state index in [0.717, 1.165) is 11.1 Å². The predicted octanol–water partition coefficient (Wildman–Crippen LogP) is 4.08. The van der Waals surface area contributed by atoms with Crippen LogP contribution in [0.15, 0.2) is 61.2 Å². The lowest BCUT2D eigenvalue weighted by Crippen LogP contribution is -2.59. The number of para-hydroxylation sites is 1. The molecule has 3 aliphatic rings. The van der Waals surface area contributed by atoms with Crippen molar-refractivity contribution in [2.24, 2.45) is 11.8 Å². The zero-order valence-electron chi connectivity index (χ0n) is 23.0. The Balaban J connectivity index is 1.65. The van der Waals surface area contributed by atoms with Crippen LogP contribution >= 0.6 is 27.5 Å². The van der Waals surface area contributed by atoms with E-state index in [2.05, 4.69) is 22.5 Å².